The molecule has 3 fully saturated rings. The molecule has 3 heteroatoms. The highest BCUT2D eigenvalue weighted by atomic mass is 16.2. The SMILES string of the molecule is CC(NCC(=O)N1CCCCCC1)C1CC2CCC1C2. The summed E-state index contributed by atoms with van der Waals surface area (Å²) in [6.07, 6.45) is 10.7. The van der Waals surface area contributed by atoms with Gasteiger partial charge in [-0.1, -0.05) is 19.3 Å². The van der Waals surface area contributed by atoms with Crippen LogP contribution in [0.4, 0.5) is 0 Å². The highest BCUT2D eigenvalue weighted by Crippen LogP contribution is 2.49. The molecule has 3 aliphatic rings. The monoisotopic (exact) mass is 278 g/mol. The van der Waals surface area contributed by atoms with Crippen molar-refractivity contribution in [3.63, 3.8) is 0 Å². The number of fused-ring (bicyclic) bond motifs is 2. The van der Waals surface area contributed by atoms with E-state index in [1.165, 1.54) is 51.4 Å². The van der Waals surface area contributed by atoms with Gasteiger partial charge < -0.3 is 10.2 Å². The molecule has 1 N–H and O–H groups in total. The van der Waals surface area contributed by atoms with Crippen molar-refractivity contribution in [2.45, 2.75) is 64.3 Å². The first kappa shape index (κ1) is 14.4. The fourth-order valence-electron chi connectivity index (χ4n) is 4.74. The minimum atomic E-state index is 0.321. The number of nitrogens with zero attached hydrogens (tertiary/aromatic N) is 1. The van der Waals surface area contributed by atoms with Gasteiger partial charge in [0.2, 0.25) is 5.91 Å². The average molecular weight is 278 g/mol. The van der Waals surface area contributed by atoms with Gasteiger partial charge in [0.15, 0.2) is 0 Å². The zero-order valence-corrected chi connectivity index (χ0v) is 12.9. The molecule has 1 aliphatic heterocycles. The van der Waals surface area contributed by atoms with Crippen LogP contribution < -0.4 is 5.32 Å². The smallest absolute Gasteiger partial charge is 0.236 e. The molecule has 2 saturated carbocycles. The van der Waals surface area contributed by atoms with Gasteiger partial charge in [0.1, 0.15) is 0 Å². The first-order valence-electron chi connectivity index (χ1n) is 8.75. The van der Waals surface area contributed by atoms with Gasteiger partial charge in [-0.3, -0.25) is 4.79 Å². The summed E-state index contributed by atoms with van der Waals surface area (Å²) in [5.74, 6) is 3.08. The fourth-order valence-corrected chi connectivity index (χ4v) is 4.74. The third-order valence-corrected chi connectivity index (χ3v) is 5.97. The second-order valence-electron chi connectivity index (χ2n) is 7.30. The number of carbonyl (C=O) groups is 1. The zero-order chi connectivity index (χ0) is 13.9. The summed E-state index contributed by atoms with van der Waals surface area (Å²) in [5.41, 5.74) is 0. The van der Waals surface area contributed by atoms with E-state index in [0.29, 0.717) is 18.5 Å². The Hall–Kier alpha value is -0.570. The molecule has 4 atom stereocenters. The molecule has 2 bridgehead atoms. The predicted molar refractivity (Wildman–Crippen MR) is 81.5 cm³/mol. The Labute approximate surface area is 123 Å². The molecule has 3 rings (SSSR count). The van der Waals surface area contributed by atoms with Crippen molar-refractivity contribution in [1.29, 1.82) is 0 Å². The standard InChI is InChI=1S/C17H30N2O/c1-13(16-11-14-6-7-15(16)10-14)18-12-17(20)19-8-4-2-3-5-9-19/h13-16,18H,2-12H2,1H3. The number of nitrogens with one attached hydrogen (secondary N) is 1. The Kier molecular flexibility index (Phi) is 4.65. The lowest BCUT2D eigenvalue weighted by Crippen LogP contribution is -2.44. The van der Waals surface area contributed by atoms with Gasteiger partial charge in [-0.2, -0.15) is 0 Å². The Morgan fingerprint density at radius 3 is 2.50 bits per heavy atom. The maximum atomic E-state index is 12.3. The summed E-state index contributed by atoms with van der Waals surface area (Å²) >= 11 is 0. The molecule has 0 aromatic heterocycles. The maximum absolute atomic E-state index is 12.3. The maximum Gasteiger partial charge on any atom is 0.236 e. The van der Waals surface area contributed by atoms with Gasteiger partial charge in [-0.25, -0.2) is 0 Å². The average Bonchev–Trinajstić information content (AvgIpc) is 2.98. The van der Waals surface area contributed by atoms with Crippen LogP contribution in [-0.4, -0.2) is 36.5 Å². The van der Waals surface area contributed by atoms with Crippen molar-refractivity contribution in [3.8, 4) is 0 Å². The van der Waals surface area contributed by atoms with Gasteiger partial charge in [-0.15, -0.1) is 0 Å². The van der Waals surface area contributed by atoms with Crippen LogP contribution in [0.3, 0.4) is 0 Å². The number of amides is 1. The van der Waals surface area contributed by atoms with Crippen LogP contribution in [0.1, 0.15) is 58.3 Å². The summed E-state index contributed by atoms with van der Waals surface area (Å²) in [6, 6.07) is 0.515. The van der Waals surface area contributed by atoms with E-state index in [9.17, 15) is 4.79 Å². The van der Waals surface area contributed by atoms with E-state index in [-0.39, 0.29) is 0 Å². The lowest BCUT2D eigenvalue weighted by molar-refractivity contribution is -0.130. The van der Waals surface area contributed by atoms with E-state index >= 15 is 0 Å². The van der Waals surface area contributed by atoms with Crippen molar-refractivity contribution in [2.75, 3.05) is 19.6 Å². The summed E-state index contributed by atoms with van der Waals surface area (Å²) in [6.45, 7) is 4.79. The lowest BCUT2D eigenvalue weighted by atomic mass is 9.84. The largest absolute Gasteiger partial charge is 0.342 e. The normalized spacial score (nSPS) is 35.0. The quantitative estimate of drug-likeness (QED) is 0.857. The minimum absolute atomic E-state index is 0.321. The minimum Gasteiger partial charge on any atom is -0.342 e. The summed E-state index contributed by atoms with van der Waals surface area (Å²) in [7, 11) is 0. The Bertz CT molecular complexity index is 336. The molecule has 0 spiro atoms. The van der Waals surface area contributed by atoms with Crippen molar-refractivity contribution in [1.82, 2.24) is 10.2 Å². The fraction of sp³-hybridized carbons (Fsp3) is 0.941. The van der Waals surface area contributed by atoms with Crippen molar-refractivity contribution < 1.29 is 4.79 Å². The molecule has 1 amide bonds. The highest BCUT2D eigenvalue weighted by molar-refractivity contribution is 5.78. The summed E-state index contributed by atoms with van der Waals surface area (Å²) in [4.78, 5) is 14.4. The van der Waals surface area contributed by atoms with Crippen molar-refractivity contribution in [3.05, 3.63) is 0 Å². The predicted octanol–water partition coefficient (Wildman–Crippen LogP) is 2.80. The van der Waals surface area contributed by atoms with Crippen LogP contribution in [0.15, 0.2) is 0 Å². The third kappa shape index (κ3) is 3.19. The molecule has 1 saturated heterocycles. The molecule has 0 aromatic rings. The van der Waals surface area contributed by atoms with Gasteiger partial charge in [0.25, 0.3) is 0 Å². The highest BCUT2D eigenvalue weighted by Gasteiger charge is 2.41. The third-order valence-electron chi connectivity index (χ3n) is 5.97. The lowest BCUT2D eigenvalue weighted by Gasteiger charge is -2.29. The van der Waals surface area contributed by atoms with Gasteiger partial charge >= 0.3 is 0 Å². The van der Waals surface area contributed by atoms with E-state index in [1.54, 1.807) is 0 Å². The number of hydrogen-bond donors (Lipinski definition) is 1. The summed E-state index contributed by atoms with van der Waals surface area (Å²) < 4.78 is 0. The second kappa shape index (κ2) is 6.46. The van der Waals surface area contributed by atoms with Crippen LogP contribution in [-0.2, 0) is 4.79 Å². The van der Waals surface area contributed by atoms with E-state index in [1.807, 2.05) is 0 Å². The summed E-state index contributed by atoms with van der Waals surface area (Å²) in [5, 5.41) is 3.54. The Morgan fingerprint density at radius 2 is 1.90 bits per heavy atom. The molecule has 20 heavy (non-hydrogen) atoms. The molecular formula is C17H30N2O. The topological polar surface area (TPSA) is 32.3 Å². The molecule has 0 radical (unpaired) electrons. The van der Waals surface area contributed by atoms with Crippen LogP contribution in [0.5, 0.6) is 0 Å². The first-order chi connectivity index (χ1) is 9.74. The molecular weight excluding hydrogens is 248 g/mol. The number of rotatable bonds is 4. The number of carbonyl (C=O) groups excluding carboxylic acids is 1. The molecule has 1 heterocycles. The van der Waals surface area contributed by atoms with E-state index < -0.39 is 0 Å². The van der Waals surface area contributed by atoms with Crippen molar-refractivity contribution >= 4 is 5.91 Å². The Balaban J connectivity index is 1.43. The van der Waals surface area contributed by atoms with Crippen LogP contribution in [0.2, 0.25) is 0 Å². The molecule has 2 aliphatic carbocycles. The molecule has 114 valence electrons. The van der Waals surface area contributed by atoms with Crippen LogP contribution >= 0.6 is 0 Å². The Morgan fingerprint density at radius 1 is 1.15 bits per heavy atom. The van der Waals surface area contributed by atoms with Gasteiger partial charge in [0.05, 0.1) is 6.54 Å². The number of likely N-dealkylation sites (tertiary alicyclic amines) is 1. The van der Waals surface area contributed by atoms with Crippen LogP contribution in [0.25, 0.3) is 0 Å². The molecule has 0 aromatic carbocycles. The van der Waals surface area contributed by atoms with Crippen LogP contribution in [0, 0.1) is 17.8 Å². The van der Waals surface area contributed by atoms with E-state index in [4.69, 9.17) is 0 Å². The van der Waals surface area contributed by atoms with E-state index in [2.05, 4.69) is 17.1 Å². The first-order valence-corrected chi connectivity index (χ1v) is 8.75. The van der Waals surface area contributed by atoms with E-state index in [0.717, 1.165) is 30.8 Å². The second-order valence-corrected chi connectivity index (χ2v) is 7.30. The zero-order valence-electron chi connectivity index (χ0n) is 12.9. The molecule has 3 nitrogen and oxygen atoms in total. The van der Waals surface area contributed by atoms with Gasteiger partial charge in [0, 0.05) is 19.1 Å². The van der Waals surface area contributed by atoms with Crippen molar-refractivity contribution in [2.24, 2.45) is 17.8 Å². The molecule has 4 unspecified atom stereocenters. The number of hydrogen-bond acceptors (Lipinski definition) is 2. The van der Waals surface area contributed by atoms with Gasteiger partial charge in [-0.05, 0) is 56.8 Å².